The molecule has 1 aliphatic rings. The van der Waals surface area contributed by atoms with E-state index in [2.05, 4.69) is 20.8 Å². The summed E-state index contributed by atoms with van der Waals surface area (Å²) in [5, 5.41) is 7.93. The Kier molecular flexibility index (Phi) is 20.1. The predicted molar refractivity (Wildman–Crippen MR) is 163 cm³/mol. The minimum absolute atomic E-state index is 0. The van der Waals surface area contributed by atoms with Gasteiger partial charge in [-0.2, -0.15) is 12.5 Å². The Hall–Kier alpha value is -1.94. The molecule has 1 aromatic heterocycles. The van der Waals surface area contributed by atoms with Gasteiger partial charge in [-0.25, -0.2) is 9.37 Å². The van der Waals surface area contributed by atoms with Crippen molar-refractivity contribution in [2.45, 2.75) is 107 Å². The van der Waals surface area contributed by atoms with E-state index in [0.29, 0.717) is 24.0 Å². The second kappa shape index (κ2) is 20.0. The molecular weight excluding hydrogens is 729 g/mol. The summed E-state index contributed by atoms with van der Waals surface area (Å²) in [4.78, 5) is 25.0. The van der Waals surface area contributed by atoms with Gasteiger partial charge in [-0.15, -0.1) is 11.6 Å². The number of allylic oxidation sites excluding steroid dienone is 4. The van der Waals surface area contributed by atoms with Crippen LogP contribution in [0.1, 0.15) is 103 Å². The molecule has 3 rings (SSSR count). The van der Waals surface area contributed by atoms with E-state index in [9.17, 15) is 9.18 Å². The summed E-state index contributed by atoms with van der Waals surface area (Å²) in [5.74, 6) is 0.337. The largest absolute Gasteiger partial charge is 2.00 e. The number of pyridine rings is 1. The van der Waals surface area contributed by atoms with E-state index in [0.717, 1.165) is 65.6 Å². The first-order valence-electron chi connectivity index (χ1n) is 13.9. The molecule has 0 fully saturated rings. The molecule has 40 heavy (non-hydrogen) atoms. The van der Waals surface area contributed by atoms with Crippen LogP contribution in [0.15, 0.2) is 23.3 Å². The first-order chi connectivity index (χ1) is 18.3. The number of hydrogen-bond acceptors (Lipinski definition) is 4. The number of aromatic nitrogens is 1. The van der Waals surface area contributed by atoms with Crippen LogP contribution in [0.2, 0.25) is 0 Å². The average molecular weight is 779 g/mol. The van der Waals surface area contributed by atoms with Gasteiger partial charge < -0.3 is 20.4 Å². The zero-order chi connectivity index (χ0) is 30.4. The Labute approximate surface area is 265 Å². The average Bonchev–Trinajstić information content (AvgIpc) is 2.88. The number of halogens is 1. The molecule has 1 unspecified atom stereocenters. The van der Waals surface area contributed by atoms with Crippen LogP contribution in [0.4, 0.5) is 4.39 Å². The SMILES string of the molecule is CC.CC(C)N.O=[C-]O.[CH2-]/C(C(C)=O)=C(C)/C=C(\C)c1nc2cc(F)c(C)c3c2c(c1CC(C)CC)CCC3.[U+2]. The molecule has 7 heteroatoms. The summed E-state index contributed by atoms with van der Waals surface area (Å²) in [6.07, 6.45) is 7.01. The third kappa shape index (κ3) is 11.5. The number of carbonyl (C=O) groups excluding carboxylic acids is 1. The molecule has 0 spiro atoms. The zero-order valence-corrected chi connectivity index (χ0v) is 30.4. The molecule has 0 saturated carbocycles. The van der Waals surface area contributed by atoms with E-state index in [1.165, 1.54) is 23.4 Å². The van der Waals surface area contributed by atoms with E-state index in [1.54, 1.807) is 6.07 Å². The standard InChI is InChI=1S/C27H33FNO.C3H9N.C2H6.CHO2.U/c1-8-15(2)12-23-22-11-9-10-21-19(6)24(28)14-25(26(21)22)29-27(23)17(4)13-16(3)18(5)20(7)30;1-3(2)4;1-2;2-1-3;/h13-15H,5,8-12H2,1-4,6-7H3;3H,4H2,1-2H3;1-2H3;(H,2,3);/q-1;;;-1;+2/b17-13+,18-16-;;;;. The maximum absolute atomic E-state index is 14.6. The summed E-state index contributed by atoms with van der Waals surface area (Å²) in [5.41, 5.74) is 13.7. The fraction of sp³-hybridized carbons (Fsp3) is 0.515. The molecule has 0 saturated heterocycles. The summed E-state index contributed by atoms with van der Waals surface area (Å²) in [6.45, 7) is 24.2. The molecule has 0 aliphatic heterocycles. The van der Waals surface area contributed by atoms with Crippen molar-refractivity contribution in [2.75, 3.05) is 0 Å². The van der Waals surface area contributed by atoms with Crippen LogP contribution in [0.3, 0.4) is 0 Å². The van der Waals surface area contributed by atoms with Crippen LogP contribution < -0.4 is 5.73 Å². The van der Waals surface area contributed by atoms with Crippen molar-refractivity contribution in [2.24, 2.45) is 11.7 Å². The second-order valence-electron chi connectivity index (χ2n) is 10.2. The summed E-state index contributed by atoms with van der Waals surface area (Å²) in [7, 11) is 0. The Morgan fingerprint density at radius 2 is 1.70 bits per heavy atom. The van der Waals surface area contributed by atoms with Gasteiger partial charge in [0.15, 0.2) is 0 Å². The number of ketones is 1. The second-order valence-corrected chi connectivity index (χ2v) is 10.2. The van der Waals surface area contributed by atoms with Gasteiger partial charge in [0.05, 0.1) is 11.2 Å². The smallest absolute Gasteiger partial charge is 0.665 e. The van der Waals surface area contributed by atoms with Gasteiger partial charge in [-0.3, -0.25) is 0 Å². The topological polar surface area (TPSA) is 93.3 Å². The van der Waals surface area contributed by atoms with E-state index in [1.807, 2.05) is 54.5 Å². The number of hydrogen-bond donors (Lipinski definition) is 2. The van der Waals surface area contributed by atoms with Crippen molar-refractivity contribution in [3.63, 3.8) is 0 Å². The van der Waals surface area contributed by atoms with Gasteiger partial charge in [0.2, 0.25) is 0 Å². The number of aliphatic hydroxyl groups excluding tert-OH is 1. The minimum atomic E-state index is -0.173. The van der Waals surface area contributed by atoms with Crippen LogP contribution in [-0.4, -0.2) is 28.4 Å². The van der Waals surface area contributed by atoms with Gasteiger partial charge in [-0.1, -0.05) is 61.4 Å². The monoisotopic (exact) mass is 778 g/mol. The molecule has 1 aliphatic carbocycles. The number of Topliss-reactive ketones (excluding diaryl/α,β-unsaturated/α-hetero) is 1. The molecule has 220 valence electrons. The molecular formula is C33H49FN2O3U. The predicted octanol–water partition coefficient (Wildman–Crippen LogP) is 7.89. The molecule has 1 heterocycles. The number of rotatable bonds is 6. The Morgan fingerprint density at radius 1 is 1.20 bits per heavy atom. The van der Waals surface area contributed by atoms with Crippen molar-refractivity contribution >= 4 is 28.7 Å². The van der Waals surface area contributed by atoms with E-state index < -0.39 is 0 Å². The summed E-state index contributed by atoms with van der Waals surface area (Å²) < 4.78 is 14.6. The fourth-order valence-electron chi connectivity index (χ4n) is 4.52. The van der Waals surface area contributed by atoms with Crippen LogP contribution in [0.25, 0.3) is 16.5 Å². The summed E-state index contributed by atoms with van der Waals surface area (Å²) >= 11 is 0. The van der Waals surface area contributed by atoms with Gasteiger partial charge in [0.25, 0.3) is 0 Å². The molecule has 1 atom stereocenters. The van der Waals surface area contributed by atoms with E-state index in [-0.39, 0.29) is 42.7 Å². The number of benzene rings is 1. The molecule has 0 amide bonds. The minimum Gasteiger partial charge on any atom is -0.665 e. The van der Waals surface area contributed by atoms with Crippen LogP contribution in [0, 0.1) is 56.7 Å². The molecule has 0 bridgehead atoms. The van der Waals surface area contributed by atoms with Crippen molar-refractivity contribution in [3.05, 3.63) is 64.0 Å². The maximum Gasteiger partial charge on any atom is 2.00 e. The van der Waals surface area contributed by atoms with Gasteiger partial charge in [0.1, 0.15) is 5.82 Å². The molecule has 3 N–H and O–H groups in total. The van der Waals surface area contributed by atoms with Crippen LogP contribution in [0.5, 0.6) is 0 Å². The van der Waals surface area contributed by atoms with Gasteiger partial charge in [-0.05, 0) is 86.2 Å². The Morgan fingerprint density at radius 3 is 2.17 bits per heavy atom. The van der Waals surface area contributed by atoms with Crippen molar-refractivity contribution in [1.29, 1.82) is 0 Å². The Bertz CT molecular complexity index is 1180. The van der Waals surface area contributed by atoms with Crippen LogP contribution in [-0.2, 0) is 28.9 Å². The number of aryl methyl sites for hydroxylation is 2. The van der Waals surface area contributed by atoms with Crippen molar-refractivity contribution < 1.29 is 50.2 Å². The molecule has 0 radical (unpaired) electrons. The van der Waals surface area contributed by atoms with E-state index >= 15 is 0 Å². The van der Waals surface area contributed by atoms with Gasteiger partial charge >= 0.3 is 31.1 Å². The van der Waals surface area contributed by atoms with Crippen molar-refractivity contribution in [3.8, 4) is 0 Å². The third-order valence-electron chi connectivity index (χ3n) is 6.63. The first kappa shape index (κ1) is 40.2. The molecule has 5 nitrogen and oxygen atoms in total. The first-order valence-corrected chi connectivity index (χ1v) is 13.9. The Balaban J connectivity index is 0. The van der Waals surface area contributed by atoms with Crippen LogP contribution >= 0.6 is 0 Å². The third-order valence-corrected chi connectivity index (χ3v) is 6.63. The van der Waals surface area contributed by atoms with Gasteiger partial charge in [0, 0.05) is 17.2 Å². The normalized spacial score (nSPS) is 13.3. The quantitative estimate of drug-likeness (QED) is 0.177. The summed E-state index contributed by atoms with van der Waals surface area (Å²) in [6, 6.07) is 1.93. The molecule has 1 aromatic carbocycles. The number of carbonyl (C=O) groups is 1. The number of nitrogens with zero attached hydrogens (tertiary/aromatic N) is 1. The maximum atomic E-state index is 14.6. The molecule has 2 aromatic rings. The fourth-order valence-corrected chi connectivity index (χ4v) is 4.52. The number of nitrogens with two attached hydrogens (primary N) is 1. The van der Waals surface area contributed by atoms with E-state index in [4.69, 9.17) is 20.6 Å². The zero-order valence-electron chi connectivity index (χ0n) is 26.2. The van der Waals surface area contributed by atoms with Crippen molar-refractivity contribution in [1.82, 2.24) is 4.98 Å².